The third kappa shape index (κ3) is 15.0. The van der Waals surface area contributed by atoms with Gasteiger partial charge in [0.1, 0.15) is 0 Å². The maximum Gasteiger partial charge on any atom is 0.459 e. The number of hydrogen-bond donors (Lipinski definition) is 1. The molecule has 0 saturated carbocycles. The summed E-state index contributed by atoms with van der Waals surface area (Å²) in [5.41, 5.74) is 0. The highest BCUT2D eigenvalue weighted by atomic mass is 79.9. The zero-order chi connectivity index (χ0) is 27.3. The first-order valence-electron chi connectivity index (χ1n) is 7.47. The fourth-order valence-electron chi connectivity index (χ4n) is 1.16. The van der Waals surface area contributed by atoms with Gasteiger partial charge in [-0.15, -0.1) is 0 Å². The number of carboxylic acid groups (broad SMARTS) is 1. The van der Waals surface area contributed by atoms with Crippen molar-refractivity contribution in [1.29, 1.82) is 0 Å². The Morgan fingerprint density at radius 3 is 1.43 bits per heavy atom. The summed E-state index contributed by atoms with van der Waals surface area (Å²) in [6.45, 7) is 2.02. The number of alkyl halides is 11. The topological polar surface area (TPSA) is 107 Å². The second-order valence-corrected chi connectivity index (χ2v) is 7.59. The van der Waals surface area contributed by atoms with Crippen LogP contribution in [0, 0.1) is 0 Å². The highest BCUT2D eigenvalue weighted by Gasteiger charge is 2.83. The molecule has 2 atom stereocenters. The molecular weight excluding hydrogens is 680 g/mol. The fraction of sp³-hybridized carbons (Fsp3) is 0.895. The fourth-order valence-corrected chi connectivity index (χ4v) is 1.81. The molecule has 254 valence electrons. The minimum atomic E-state index is -7.88. The first kappa shape index (κ1) is 62.3. The number of halogens is 13. The lowest BCUT2D eigenvalue weighted by molar-refractivity contribution is -0.453. The van der Waals surface area contributed by atoms with Gasteiger partial charge in [0.2, 0.25) is 0 Å². The van der Waals surface area contributed by atoms with Gasteiger partial charge in [0, 0.05) is 11.9 Å². The van der Waals surface area contributed by atoms with Crippen LogP contribution in [0.1, 0.15) is 65.3 Å². The summed E-state index contributed by atoms with van der Waals surface area (Å²) < 4.78 is 173. The second-order valence-electron chi connectivity index (χ2n) is 5.41. The zero-order valence-corrected chi connectivity index (χ0v) is 17.8. The van der Waals surface area contributed by atoms with Crippen molar-refractivity contribution in [2.24, 2.45) is 0 Å². The van der Waals surface area contributed by atoms with Gasteiger partial charge in [0.05, 0.1) is 0 Å². The quantitative estimate of drug-likeness (QED) is 0.0987. The molecule has 0 saturated heterocycles. The van der Waals surface area contributed by atoms with Gasteiger partial charge in [-0.05, 0) is 13.3 Å². The van der Waals surface area contributed by atoms with Crippen LogP contribution < -0.4 is 0 Å². The Bertz CT molecular complexity index is 797. The summed E-state index contributed by atoms with van der Waals surface area (Å²) in [5, 5.41) is 1.77. The molecule has 2 unspecified atom stereocenters. The van der Waals surface area contributed by atoms with Gasteiger partial charge in [-0.1, -0.05) is 71.8 Å². The van der Waals surface area contributed by atoms with Crippen LogP contribution in [0.4, 0.5) is 52.2 Å². The van der Waals surface area contributed by atoms with Gasteiger partial charge < -0.3 is 9.84 Å². The minimum Gasteiger partial charge on any atom is -0.479 e. The maximum absolute atomic E-state index is 12.8. The summed E-state index contributed by atoms with van der Waals surface area (Å²) in [6.07, 6.45) is -14.4. The number of rotatable bonds is 11. The highest BCUT2D eigenvalue weighted by Crippen LogP contribution is 2.52. The molecule has 0 spiro atoms. The van der Waals surface area contributed by atoms with E-state index in [2.05, 4.69) is 15.9 Å². The van der Waals surface area contributed by atoms with E-state index in [0.29, 0.717) is 6.61 Å². The number of carbonyl (C=O) groups excluding carboxylic acids is 1. The molecule has 1 N–H and O–H groups in total. The maximum atomic E-state index is 12.8. The molecular formula is C19H39BrF12O7S. The van der Waals surface area contributed by atoms with Gasteiger partial charge >= 0.3 is 51.5 Å². The lowest BCUT2D eigenvalue weighted by Gasteiger charge is -2.33. The standard InChI is InChI=1S/C6H11BrO3.C6F12O4S.7CH4/c1-5(6(8)9)10-4-2-3-7;7-1(19)2(8,4(11,12)13)22-5(14,15)3(9,10)6(16,17)23(18,20)21;;;;;;;/h5H,2-4H2,1H3,(H,8,9);;7*1H4. The molecule has 21 heteroatoms. The Labute approximate surface area is 235 Å². The molecule has 7 nitrogen and oxygen atoms in total. The lowest BCUT2D eigenvalue weighted by atomic mass is 10.2. The Hall–Kier alpha value is -1.35. The average molecular weight is 719 g/mol. The summed E-state index contributed by atoms with van der Waals surface area (Å²) >= 11 is 3.21. The molecule has 0 bridgehead atoms. The minimum absolute atomic E-state index is 0. The van der Waals surface area contributed by atoms with Crippen LogP contribution in [0.25, 0.3) is 0 Å². The van der Waals surface area contributed by atoms with E-state index in [9.17, 15) is 70.2 Å². The van der Waals surface area contributed by atoms with Crippen molar-refractivity contribution in [2.45, 2.75) is 101 Å². The summed E-state index contributed by atoms with van der Waals surface area (Å²) in [7, 11) is -7.88. The highest BCUT2D eigenvalue weighted by molar-refractivity contribution is 9.09. The van der Waals surface area contributed by atoms with Crippen molar-refractivity contribution in [2.75, 3.05) is 11.9 Å². The van der Waals surface area contributed by atoms with E-state index in [1.165, 1.54) is 11.7 Å². The molecule has 0 heterocycles. The van der Waals surface area contributed by atoms with E-state index in [4.69, 9.17) is 9.84 Å². The van der Waals surface area contributed by atoms with Crippen LogP contribution in [0.3, 0.4) is 0 Å². The Morgan fingerprint density at radius 1 is 0.850 bits per heavy atom. The average Bonchev–Trinajstić information content (AvgIpc) is 2.59. The van der Waals surface area contributed by atoms with Gasteiger partial charge in [-0.3, -0.25) is 9.53 Å². The predicted molar refractivity (Wildman–Crippen MR) is 131 cm³/mol. The predicted octanol–water partition coefficient (Wildman–Crippen LogP) is 8.56. The summed E-state index contributed by atoms with van der Waals surface area (Å²) in [4.78, 5) is 19.9. The third-order valence-electron chi connectivity index (χ3n) is 2.92. The molecule has 0 aliphatic heterocycles. The SMILES string of the molecule is C.C.C.C.C.C.C.CC(OCCCBr)C(=O)O.O=C(F)C(F)(OC(F)(F)C(F)(F)C(F)(F)S(=O)(=O)F)C(F)(F)F. The largest absolute Gasteiger partial charge is 0.479 e. The Kier molecular flexibility index (Phi) is 33.3. The Balaban J connectivity index is -0.0000000706. The number of carboxylic acids is 1. The van der Waals surface area contributed by atoms with Crippen LogP contribution in [0.15, 0.2) is 0 Å². The van der Waals surface area contributed by atoms with Gasteiger partial charge in [0.15, 0.2) is 6.10 Å². The van der Waals surface area contributed by atoms with Gasteiger partial charge in [0.25, 0.3) is 0 Å². The molecule has 0 aliphatic rings. The molecule has 40 heavy (non-hydrogen) atoms. The number of aliphatic carboxylic acids is 1. The van der Waals surface area contributed by atoms with Crippen LogP contribution >= 0.6 is 15.9 Å². The van der Waals surface area contributed by atoms with Crippen LogP contribution in [-0.4, -0.2) is 72.9 Å². The molecule has 0 radical (unpaired) electrons. The normalized spacial score (nSPS) is 13.4. The van der Waals surface area contributed by atoms with E-state index < -0.39 is 57.7 Å². The molecule has 0 aromatic carbocycles. The summed E-state index contributed by atoms with van der Waals surface area (Å²) in [6, 6.07) is -4.51. The van der Waals surface area contributed by atoms with Crippen molar-refractivity contribution in [3.05, 3.63) is 0 Å². The molecule has 0 aliphatic carbocycles. The molecule has 0 aromatic rings. The van der Waals surface area contributed by atoms with Gasteiger partial charge in [-0.2, -0.15) is 56.7 Å². The van der Waals surface area contributed by atoms with Crippen LogP contribution in [0.5, 0.6) is 0 Å². The first-order chi connectivity index (χ1) is 14.3. The molecule has 0 amide bonds. The van der Waals surface area contributed by atoms with Crippen molar-refractivity contribution in [3.63, 3.8) is 0 Å². The summed E-state index contributed by atoms with van der Waals surface area (Å²) in [5.74, 6) is -15.4. The smallest absolute Gasteiger partial charge is 0.459 e. The molecule has 0 fully saturated rings. The number of carbonyl (C=O) groups is 2. The van der Waals surface area contributed by atoms with E-state index >= 15 is 0 Å². The van der Waals surface area contributed by atoms with Crippen molar-refractivity contribution in [1.82, 2.24) is 0 Å². The van der Waals surface area contributed by atoms with Crippen molar-refractivity contribution < 1.29 is 84.8 Å². The van der Waals surface area contributed by atoms with E-state index in [1.807, 2.05) is 0 Å². The zero-order valence-electron chi connectivity index (χ0n) is 15.4. The first-order valence-corrected chi connectivity index (χ1v) is 9.97. The lowest BCUT2D eigenvalue weighted by Crippen LogP contribution is -2.63. The third-order valence-corrected chi connectivity index (χ3v) is 4.35. The Morgan fingerprint density at radius 2 is 1.20 bits per heavy atom. The van der Waals surface area contributed by atoms with Crippen molar-refractivity contribution in [3.8, 4) is 0 Å². The molecule has 0 aromatic heterocycles. The molecule has 0 rings (SSSR count). The van der Waals surface area contributed by atoms with Crippen LogP contribution in [0.2, 0.25) is 0 Å². The number of ether oxygens (including phenoxy) is 2. The van der Waals surface area contributed by atoms with Gasteiger partial charge in [-0.25, -0.2) is 4.79 Å². The van der Waals surface area contributed by atoms with E-state index in [1.54, 1.807) is 0 Å². The van der Waals surface area contributed by atoms with Crippen molar-refractivity contribution >= 4 is 38.2 Å². The monoisotopic (exact) mass is 718 g/mol. The number of hydrogen-bond acceptors (Lipinski definition) is 6. The second kappa shape index (κ2) is 21.4. The van der Waals surface area contributed by atoms with E-state index in [-0.39, 0.29) is 52.0 Å². The van der Waals surface area contributed by atoms with E-state index in [0.717, 1.165) is 11.8 Å². The van der Waals surface area contributed by atoms with Crippen LogP contribution in [-0.2, 0) is 29.3 Å².